The predicted molar refractivity (Wildman–Crippen MR) is 110 cm³/mol. The minimum Gasteiger partial charge on any atom is -0.497 e. The second-order valence-corrected chi connectivity index (χ2v) is 10.0. The third-order valence-corrected chi connectivity index (χ3v) is 8.04. The van der Waals surface area contributed by atoms with E-state index in [0.29, 0.717) is 31.7 Å². The highest BCUT2D eigenvalue weighted by Gasteiger charge is 2.34. The number of piperidine rings is 1. The number of amides is 1. The molecule has 0 bridgehead atoms. The number of hydrogen-bond donors (Lipinski definition) is 0. The van der Waals surface area contributed by atoms with Gasteiger partial charge in [0, 0.05) is 25.0 Å². The monoisotopic (exact) mass is 422 g/mol. The Morgan fingerprint density at radius 2 is 2.00 bits per heavy atom. The first kappa shape index (κ1) is 20.8. The van der Waals surface area contributed by atoms with Crippen molar-refractivity contribution < 1.29 is 17.9 Å². The van der Waals surface area contributed by atoms with E-state index in [1.54, 1.807) is 54.7 Å². The van der Waals surface area contributed by atoms with Crippen molar-refractivity contribution in [1.29, 1.82) is 0 Å². The second kappa shape index (κ2) is 8.63. The quantitative estimate of drug-likeness (QED) is 0.717. The molecule has 1 aromatic carbocycles. The highest BCUT2D eigenvalue weighted by molar-refractivity contribution is 7.89. The minimum atomic E-state index is -3.63. The smallest absolute Gasteiger partial charge is 0.243 e. The van der Waals surface area contributed by atoms with Crippen LogP contribution in [0.15, 0.2) is 40.6 Å². The van der Waals surface area contributed by atoms with E-state index in [1.807, 2.05) is 18.4 Å². The van der Waals surface area contributed by atoms with Crippen molar-refractivity contribution in [2.24, 2.45) is 5.92 Å². The van der Waals surface area contributed by atoms with Gasteiger partial charge in [0.15, 0.2) is 0 Å². The lowest BCUT2D eigenvalue weighted by Gasteiger charge is -2.33. The number of sulfonamides is 1. The Balaban J connectivity index is 1.70. The zero-order valence-electron chi connectivity index (χ0n) is 16.4. The molecule has 1 fully saturated rings. The summed E-state index contributed by atoms with van der Waals surface area (Å²) in [7, 11) is -0.296. The summed E-state index contributed by atoms with van der Waals surface area (Å²) in [6.07, 6.45) is 1.39. The average Bonchev–Trinajstić information content (AvgIpc) is 3.12. The molecule has 3 rings (SSSR count). The first-order valence-corrected chi connectivity index (χ1v) is 11.6. The Morgan fingerprint density at radius 3 is 2.61 bits per heavy atom. The van der Waals surface area contributed by atoms with Crippen LogP contribution < -0.4 is 4.74 Å². The van der Waals surface area contributed by atoms with E-state index in [1.165, 1.54) is 9.87 Å². The molecule has 0 radical (unpaired) electrons. The molecule has 2 aromatic rings. The lowest BCUT2D eigenvalue weighted by Crippen LogP contribution is -2.45. The highest BCUT2D eigenvalue weighted by Crippen LogP contribution is 2.27. The van der Waals surface area contributed by atoms with Crippen LogP contribution in [0.25, 0.3) is 0 Å². The van der Waals surface area contributed by atoms with Crippen LogP contribution in [-0.2, 0) is 21.4 Å². The van der Waals surface area contributed by atoms with Crippen LogP contribution in [0.4, 0.5) is 0 Å². The van der Waals surface area contributed by atoms with Crippen LogP contribution in [-0.4, -0.2) is 50.8 Å². The summed E-state index contributed by atoms with van der Waals surface area (Å²) in [4.78, 5) is 16.0. The van der Waals surface area contributed by atoms with Crippen LogP contribution >= 0.6 is 11.3 Å². The summed E-state index contributed by atoms with van der Waals surface area (Å²) in [5.74, 6) is 0.297. The summed E-state index contributed by atoms with van der Waals surface area (Å²) in [5.41, 5.74) is 1.18. The van der Waals surface area contributed by atoms with E-state index in [-0.39, 0.29) is 23.3 Å². The van der Waals surface area contributed by atoms with Gasteiger partial charge in [0.05, 0.1) is 24.5 Å². The zero-order chi connectivity index (χ0) is 20.3. The van der Waals surface area contributed by atoms with Gasteiger partial charge < -0.3 is 9.64 Å². The van der Waals surface area contributed by atoms with E-state index in [4.69, 9.17) is 4.74 Å². The largest absolute Gasteiger partial charge is 0.497 e. The molecule has 1 aliphatic rings. The molecule has 28 heavy (non-hydrogen) atoms. The Hall–Kier alpha value is -1.90. The third kappa shape index (κ3) is 4.39. The zero-order valence-corrected chi connectivity index (χ0v) is 18.1. The molecule has 1 amide bonds. The molecule has 2 heterocycles. The van der Waals surface area contributed by atoms with Gasteiger partial charge in [-0.1, -0.05) is 0 Å². The number of hydrogen-bond acceptors (Lipinski definition) is 5. The van der Waals surface area contributed by atoms with Gasteiger partial charge in [-0.2, -0.15) is 4.31 Å². The third-order valence-electron chi connectivity index (χ3n) is 5.16. The Kier molecular flexibility index (Phi) is 6.42. The maximum Gasteiger partial charge on any atom is 0.243 e. The van der Waals surface area contributed by atoms with Crippen LogP contribution in [0.2, 0.25) is 0 Å². The van der Waals surface area contributed by atoms with Crippen molar-refractivity contribution in [3.05, 3.63) is 46.2 Å². The predicted octanol–water partition coefficient (Wildman–Crippen LogP) is 3.12. The van der Waals surface area contributed by atoms with Crippen LogP contribution in [0.1, 0.15) is 23.3 Å². The topological polar surface area (TPSA) is 66.9 Å². The molecule has 1 aliphatic heterocycles. The number of carbonyl (C=O) groups is 1. The SMILES string of the molecule is COc1ccc(S(=O)(=O)N2CCC[C@H](C(=O)N(C)Cc3sccc3C)C2)cc1. The maximum absolute atomic E-state index is 13.0. The van der Waals surface area contributed by atoms with Gasteiger partial charge in [0.2, 0.25) is 15.9 Å². The summed E-state index contributed by atoms with van der Waals surface area (Å²) in [5, 5.41) is 2.02. The van der Waals surface area contributed by atoms with E-state index < -0.39 is 10.0 Å². The van der Waals surface area contributed by atoms with Crippen LogP contribution in [0.3, 0.4) is 0 Å². The van der Waals surface area contributed by atoms with E-state index >= 15 is 0 Å². The van der Waals surface area contributed by atoms with Gasteiger partial charge in [-0.05, 0) is 61.0 Å². The number of benzene rings is 1. The Bertz CT molecular complexity index is 922. The molecule has 8 heteroatoms. The van der Waals surface area contributed by atoms with Gasteiger partial charge in [0.25, 0.3) is 0 Å². The lowest BCUT2D eigenvalue weighted by molar-refractivity contribution is -0.135. The van der Waals surface area contributed by atoms with Crippen LogP contribution in [0.5, 0.6) is 5.75 Å². The normalized spacial score (nSPS) is 18.0. The fourth-order valence-corrected chi connectivity index (χ4v) is 5.91. The van der Waals surface area contributed by atoms with E-state index in [2.05, 4.69) is 0 Å². The molecule has 6 nitrogen and oxygen atoms in total. The fourth-order valence-electron chi connectivity index (χ4n) is 3.43. The van der Waals surface area contributed by atoms with Crippen molar-refractivity contribution in [1.82, 2.24) is 9.21 Å². The van der Waals surface area contributed by atoms with E-state index in [0.717, 1.165) is 4.88 Å². The first-order valence-electron chi connectivity index (χ1n) is 9.25. The molecule has 1 atom stereocenters. The number of nitrogens with zero attached hydrogens (tertiary/aromatic N) is 2. The molecular weight excluding hydrogens is 396 g/mol. The van der Waals surface area contributed by atoms with Crippen LogP contribution in [0, 0.1) is 12.8 Å². The van der Waals surface area contributed by atoms with Gasteiger partial charge in [-0.3, -0.25) is 4.79 Å². The molecule has 0 N–H and O–H groups in total. The number of ether oxygens (including phenoxy) is 1. The number of thiophene rings is 1. The van der Waals surface area contributed by atoms with Gasteiger partial charge >= 0.3 is 0 Å². The first-order chi connectivity index (χ1) is 13.3. The van der Waals surface area contributed by atoms with E-state index in [9.17, 15) is 13.2 Å². The molecule has 1 saturated heterocycles. The second-order valence-electron chi connectivity index (χ2n) is 7.10. The van der Waals surface area contributed by atoms with Gasteiger partial charge in [-0.25, -0.2) is 8.42 Å². The van der Waals surface area contributed by atoms with Gasteiger partial charge in [0.1, 0.15) is 5.75 Å². The highest BCUT2D eigenvalue weighted by atomic mass is 32.2. The Labute approximate surface area is 170 Å². The average molecular weight is 423 g/mol. The summed E-state index contributed by atoms with van der Waals surface area (Å²) < 4.78 is 32.5. The molecule has 0 aliphatic carbocycles. The lowest BCUT2D eigenvalue weighted by atomic mass is 9.98. The number of rotatable bonds is 6. The number of methoxy groups -OCH3 is 1. The molecule has 1 aromatic heterocycles. The molecule has 0 unspecified atom stereocenters. The minimum absolute atomic E-state index is 0.00225. The maximum atomic E-state index is 13.0. The summed E-state index contributed by atoms with van der Waals surface area (Å²) in [6.45, 7) is 3.25. The van der Waals surface area contributed by atoms with Crippen molar-refractivity contribution in [2.75, 3.05) is 27.2 Å². The Morgan fingerprint density at radius 1 is 1.29 bits per heavy atom. The summed E-state index contributed by atoms with van der Waals surface area (Å²) >= 11 is 1.64. The number of aryl methyl sites for hydroxylation is 1. The standard InChI is InChI=1S/C20H26N2O4S2/c1-15-10-12-27-19(15)14-21(2)20(23)16-5-4-11-22(13-16)28(24,25)18-8-6-17(26-3)7-9-18/h6-10,12,16H,4-5,11,13-14H2,1-3H3/t16-/m0/s1. The van der Waals surface area contributed by atoms with Crippen molar-refractivity contribution in [2.45, 2.75) is 31.2 Å². The molecular formula is C20H26N2O4S2. The van der Waals surface area contributed by atoms with Crippen molar-refractivity contribution in [3.63, 3.8) is 0 Å². The molecule has 152 valence electrons. The molecule has 0 saturated carbocycles. The van der Waals surface area contributed by atoms with Gasteiger partial charge in [-0.15, -0.1) is 11.3 Å². The molecule has 0 spiro atoms. The number of carbonyl (C=O) groups excluding carboxylic acids is 1. The van der Waals surface area contributed by atoms with Crippen molar-refractivity contribution in [3.8, 4) is 5.75 Å². The van der Waals surface area contributed by atoms with Crippen molar-refractivity contribution >= 4 is 27.3 Å². The fraction of sp³-hybridized carbons (Fsp3) is 0.450. The summed E-state index contributed by atoms with van der Waals surface area (Å²) in [6, 6.07) is 8.41.